The fraction of sp³-hybridized carbons (Fsp3) is 0.158. The monoisotopic (exact) mass is 430 g/mol. The van der Waals surface area contributed by atoms with Gasteiger partial charge in [-0.1, -0.05) is 23.7 Å². The second-order valence-corrected chi connectivity index (χ2v) is 6.55. The van der Waals surface area contributed by atoms with Crippen LogP contribution in [0.3, 0.4) is 0 Å². The fourth-order valence-electron chi connectivity index (χ4n) is 2.60. The van der Waals surface area contributed by atoms with Crippen LogP contribution < -0.4 is 10.9 Å². The molecule has 0 aliphatic carbocycles. The van der Waals surface area contributed by atoms with Crippen LogP contribution in [0.2, 0.25) is 5.02 Å². The molecule has 0 bridgehead atoms. The lowest BCUT2D eigenvalue weighted by Crippen LogP contribution is -2.24. The topological polar surface area (TPSA) is 133 Å². The van der Waals surface area contributed by atoms with Crippen LogP contribution in [0.4, 0.5) is 11.4 Å². The summed E-state index contributed by atoms with van der Waals surface area (Å²) < 4.78 is 6.16. The zero-order chi connectivity index (χ0) is 21.7. The number of nitrogens with one attached hydrogen (secondary N) is 1. The fourth-order valence-corrected chi connectivity index (χ4v) is 2.77. The number of nitro benzene ring substituents is 1. The van der Waals surface area contributed by atoms with Crippen LogP contribution in [0.5, 0.6) is 0 Å². The highest BCUT2D eigenvalue weighted by atomic mass is 35.5. The Morgan fingerprint density at radius 3 is 2.77 bits per heavy atom. The van der Waals surface area contributed by atoms with Gasteiger partial charge < -0.3 is 10.1 Å². The lowest BCUT2D eigenvalue weighted by Gasteiger charge is -2.09. The first-order chi connectivity index (χ1) is 14.3. The van der Waals surface area contributed by atoms with Gasteiger partial charge in [0.05, 0.1) is 39.3 Å². The first-order valence-corrected chi connectivity index (χ1v) is 9.06. The Balaban J connectivity index is 1.53. The van der Waals surface area contributed by atoms with Crippen LogP contribution in [0.15, 0.2) is 53.6 Å². The van der Waals surface area contributed by atoms with Gasteiger partial charge in [-0.2, -0.15) is 0 Å². The van der Waals surface area contributed by atoms with Gasteiger partial charge >= 0.3 is 5.97 Å². The molecule has 0 aliphatic rings. The number of fused-ring (bicyclic) bond motifs is 1. The Labute approximate surface area is 174 Å². The minimum absolute atomic E-state index is 0.0284. The van der Waals surface area contributed by atoms with Gasteiger partial charge in [0.2, 0.25) is 0 Å². The summed E-state index contributed by atoms with van der Waals surface area (Å²) >= 11 is 5.90. The number of ether oxygens (including phenoxy) is 1. The first kappa shape index (κ1) is 20.9. The largest absolute Gasteiger partial charge is 0.456 e. The second-order valence-electron chi connectivity index (χ2n) is 6.14. The number of nitro groups is 1. The molecule has 0 atom stereocenters. The van der Waals surface area contributed by atoms with Gasteiger partial charge in [-0.05, 0) is 18.2 Å². The van der Waals surface area contributed by atoms with Crippen molar-refractivity contribution in [2.45, 2.75) is 13.0 Å². The Bertz CT molecular complexity index is 1190. The van der Waals surface area contributed by atoms with E-state index in [0.29, 0.717) is 10.9 Å². The van der Waals surface area contributed by atoms with Crippen LogP contribution in [0.25, 0.3) is 10.9 Å². The van der Waals surface area contributed by atoms with Crippen molar-refractivity contribution in [3.8, 4) is 0 Å². The molecule has 2 aromatic carbocycles. The Morgan fingerprint density at radius 2 is 2.00 bits per heavy atom. The van der Waals surface area contributed by atoms with E-state index in [1.165, 1.54) is 23.0 Å². The van der Waals surface area contributed by atoms with Crippen LogP contribution in [0.1, 0.15) is 6.42 Å². The predicted octanol–water partition coefficient (Wildman–Crippen LogP) is 2.53. The smallest absolute Gasteiger partial charge is 0.308 e. The number of aromatic nitrogens is 2. The van der Waals surface area contributed by atoms with Crippen LogP contribution in [0, 0.1) is 10.1 Å². The van der Waals surface area contributed by atoms with E-state index in [4.69, 9.17) is 16.3 Å². The molecule has 1 aromatic heterocycles. The predicted molar refractivity (Wildman–Crippen MR) is 108 cm³/mol. The molecule has 0 saturated carbocycles. The number of para-hydroxylation sites is 1. The molecule has 0 radical (unpaired) electrons. The maximum absolute atomic E-state index is 12.4. The number of carbonyl (C=O) groups excluding carboxylic acids is 2. The summed E-state index contributed by atoms with van der Waals surface area (Å²) in [5.74, 6) is -1.41. The molecule has 1 amide bonds. The zero-order valence-electron chi connectivity index (χ0n) is 15.4. The van der Waals surface area contributed by atoms with Gasteiger partial charge in [0.1, 0.15) is 0 Å². The van der Waals surface area contributed by atoms with E-state index >= 15 is 0 Å². The summed E-state index contributed by atoms with van der Waals surface area (Å²) in [5.41, 5.74) is 0.0473. The molecule has 0 saturated heterocycles. The average Bonchev–Trinajstić information content (AvgIpc) is 2.73. The number of rotatable bonds is 7. The molecule has 1 heterocycles. The van der Waals surface area contributed by atoms with E-state index in [9.17, 15) is 24.5 Å². The summed E-state index contributed by atoms with van der Waals surface area (Å²) in [6.45, 7) is -0.573. The zero-order valence-corrected chi connectivity index (χ0v) is 16.2. The molecule has 0 unspecified atom stereocenters. The molecular formula is C19H15ClN4O6. The molecule has 11 heteroatoms. The van der Waals surface area contributed by atoms with Crippen LogP contribution in [-0.2, 0) is 20.9 Å². The van der Waals surface area contributed by atoms with Gasteiger partial charge in [-0.3, -0.25) is 29.1 Å². The second kappa shape index (κ2) is 9.14. The van der Waals surface area contributed by atoms with Crippen molar-refractivity contribution >= 4 is 45.8 Å². The molecule has 0 spiro atoms. The summed E-state index contributed by atoms with van der Waals surface area (Å²) in [5, 5.41) is 13.7. The lowest BCUT2D eigenvalue weighted by molar-refractivity contribution is -0.384. The first-order valence-electron chi connectivity index (χ1n) is 8.69. The van der Waals surface area contributed by atoms with Crippen LogP contribution >= 0.6 is 11.6 Å². The highest BCUT2D eigenvalue weighted by Gasteiger charge is 2.14. The molecule has 3 aromatic rings. The number of anilines is 1. The molecule has 154 valence electrons. The maximum Gasteiger partial charge on any atom is 0.308 e. The number of carbonyl (C=O) groups is 2. The van der Waals surface area contributed by atoms with Gasteiger partial charge in [0.15, 0.2) is 6.61 Å². The number of benzene rings is 2. The van der Waals surface area contributed by atoms with Crippen molar-refractivity contribution in [1.29, 1.82) is 0 Å². The molecule has 3 rings (SSSR count). The van der Waals surface area contributed by atoms with E-state index in [1.54, 1.807) is 24.3 Å². The standard InChI is InChI=1S/C19H15ClN4O6/c20-14-6-5-12(24(28)29)9-16(14)22-17(25)10-30-18(26)7-8-23-11-21-15-4-2-1-3-13(15)19(23)27/h1-6,9,11H,7-8,10H2,(H,22,25). The number of esters is 1. The summed E-state index contributed by atoms with van der Waals surface area (Å²) in [6, 6.07) is 10.4. The van der Waals surface area contributed by atoms with Crippen molar-refractivity contribution in [2.24, 2.45) is 0 Å². The molecule has 30 heavy (non-hydrogen) atoms. The SMILES string of the molecule is O=C(COC(=O)CCn1cnc2ccccc2c1=O)Nc1cc([N+](=O)[O-])ccc1Cl. The summed E-state index contributed by atoms with van der Waals surface area (Å²) in [4.78, 5) is 50.5. The maximum atomic E-state index is 12.4. The van der Waals surface area contributed by atoms with Gasteiger partial charge in [-0.25, -0.2) is 4.98 Å². The third kappa shape index (κ3) is 4.97. The van der Waals surface area contributed by atoms with Crippen LogP contribution in [-0.4, -0.2) is 33.0 Å². The molecule has 1 N–H and O–H groups in total. The third-order valence-corrected chi connectivity index (χ3v) is 4.42. The minimum atomic E-state index is -0.713. The van der Waals surface area contributed by atoms with Crippen molar-refractivity contribution in [2.75, 3.05) is 11.9 Å². The minimum Gasteiger partial charge on any atom is -0.456 e. The quantitative estimate of drug-likeness (QED) is 0.346. The highest BCUT2D eigenvalue weighted by Crippen LogP contribution is 2.26. The third-order valence-electron chi connectivity index (χ3n) is 4.09. The van der Waals surface area contributed by atoms with Gasteiger partial charge in [0, 0.05) is 18.7 Å². The van der Waals surface area contributed by atoms with E-state index in [-0.39, 0.29) is 34.9 Å². The molecule has 10 nitrogen and oxygen atoms in total. The summed E-state index contributed by atoms with van der Waals surface area (Å²) in [7, 11) is 0. The van der Waals surface area contributed by atoms with Crippen molar-refractivity contribution in [1.82, 2.24) is 9.55 Å². The molecular weight excluding hydrogens is 416 g/mol. The number of amides is 1. The van der Waals surface area contributed by atoms with Gasteiger partial charge in [0.25, 0.3) is 17.2 Å². The van der Waals surface area contributed by atoms with E-state index in [2.05, 4.69) is 10.3 Å². The van der Waals surface area contributed by atoms with E-state index < -0.39 is 23.4 Å². The number of halogens is 1. The normalized spacial score (nSPS) is 10.6. The van der Waals surface area contributed by atoms with E-state index in [0.717, 1.165) is 6.07 Å². The summed E-state index contributed by atoms with van der Waals surface area (Å²) in [6.07, 6.45) is 1.19. The Morgan fingerprint density at radius 1 is 1.23 bits per heavy atom. The van der Waals surface area contributed by atoms with Gasteiger partial charge in [-0.15, -0.1) is 0 Å². The Kier molecular flexibility index (Phi) is 6.38. The number of hydrogen-bond donors (Lipinski definition) is 1. The van der Waals surface area contributed by atoms with E-state index in [1.807, 2.05) is 0 Å². The number of nitrogens with zero attached hydrogens (tertiary/aromatic N) is 3. The van der Waals surface area contributed by atoms with Crippen molar-refractivity contribution in [3.05, 3.63) is 74.3 Å². The number of aryl methyl sites for hydroxylation is 1. The average molecular weight is 431 g/mol. The highest BCUT2D eigenvalue weighted by molar-refractivity contribution is 6.33. The Hall–Kier alpha value is -3.79. The lowest BCUT2D eigenvalue weighted by atomic mass is 10.2. The molecule has 0 fully saturated rings. The van der Waals surface area contributed by atoms with Crippen molar-refractivity contribution in [3.63, 3.8) is 0 Å². The number of hydrogen-bond acceptors (Lipinski definition) is 7. The molecule has 0 aliphatic heterocycles. The van der Waals surface area contributed by atoms with Crippen molar-refractivity contribution < 1.29 is 19.2 Å². The number of non-ortho nitro benzene ring substituents is 1.